The Kier molecular flexibility index (Phi) is 25.6. The maximum absolute atomic E-state index is 13.8. The minimum Gasteiger partial charge on any atom is -0.481 e. The van der Waals surface area contributed by atoms with Crippen LogP contribution >= 0.6 is 0 Å². The number of carbonyl (C=O) groups excluding carboxylic acids is 4. The molecule has 1 heterocycles. The summed E-state index contributed by atoms with van der Waals surface area (Å²) in [4.78, 5) is 129. The number of hydrogen-bond acceptors (Lipinski definition) is 14. The Morgan fingerprint density at radius 1 is 0.520 bits per heavy atom. The van der Waals surface area contributed by atoms with E-state index in [-0.39, 0.29) is 128 Å². The molecule has 11 N–H and O–H groups in total. The van der Waals surface area contributed by atoms with Crippen LogP contribution in [0.2, 0.25) is 0 Å². The van der Waals surface area contributed by atoms with E-state index in [1.165, 1.54) is 0 Å². The maximum atomic E-state index is 13.8. The monoisotopic (exact) mass is 1060 g/mol. The normalized spacial score (nSPS) is 18.7. The highest BCUT2D eigenvalue weighted by molar-refractivity contribution is 5.89. The molecule has 25 nitrogen and oxygen atoms in total. The molecule has 2 aromatic rings. The van der Waals surface area contributed by atoms with Crippen LogP contribution in [0.1, 0.15) is 69.8 Å². The van der Waals surface area contributed by atoms with E-state index in [0.29, 0.717) is 51.7 Å². The Hall–Kier alpha value is -6.96. The fourth-order valence-corrected chi connectivity index (χ4v) is 9.17. The van der Waals surface area contributed by atoms with Gasteiger partial charge in [-0.15, -0.1) is 0 Å². The van der Waals surface area contributed by atoms with E-state index >= 15 is 0 Å². The summed E-state index contributed by atoms with van der Waals surface area (Å²) in [5.74, 6) is -8.41. The molecule has 25 heteroatoms. The van der Waals surface area contributed by atoms with Gasteiger partial charge in [0.05, 0.1) is 26.2 Å². The van der Waals surface area contributed by atoms with Crippen LogP contribution < -0.4 is 26.6 Å². The smallest absolute Gasteiger partial charge is 0.326 e. The third-order valence-corrected chi connectivity index (χ3v) is 13.4. The molecule has 1 aliphatic heterocycles. The molecular formula is C50H73N9O16. The predicted molar refractivity (Wildman–Crippen MR) is 270 cm³/mol. The highest BCUT2D eigenvalue weighted by atomic mass is 16.4. The van der Waals surface area contributed by atoms with Crippen molar-refractivity contribution in [3.05, 3.63) is 48.0 Å². The third kappa shape index (κ3) is 23.4. The van der Waals surface area contributed by atoms with Gasteiger partial charge < -0.3 is 57.2 Å². The van der Waals surface area contributed by atoms with Crippen LogP contribution in [0, 0.1) is 11.8 Å². The van der Waals surface area contributed by atoms with Gasteiger partial charge in [-0.25, -0.2) is 14.4 Å². The SMILES string of the molecule is O=C(O)CCC[C@H](NC(=O)N[C@@H](CCCCNC(=O)[C@H](Cc1ccc2ccccc2c1)NC(=O)C1CCC(CNC(=O)CN2CCN(CC(=O)O)CCN(CC(=O)O)CCN(CC(=O)O)CC2)CC1)C(=O)O)C(=O)O. The van der Waals surface area contributed by atoms with Gasteiger partial charge in [0.1, 0.15) is 18.1 Å². The summed E-state index contributed by atoms with van der Waals surface area (Å²) >= 11 is 0. The fourth-order valence-electron chi connectivity index (χ4n) is 9.17. The van der Waals surface area contributed by atoms with Crippen molar-refractivity contribution >= 4 is 70.3 Å². The summed E-state index contributed by atoms with van der Waals surface area (Å²) in [7, 11) is 0. The number of fused-ring (bicyclic) bond motifs is 1. The lowest BCUT2D eigenvalue weighted by Gasteiger charge is -2.33. The summed E-state index contributed by atoms with van der Waals surface area (Å²) in [6.45, 7) is 1.75. The highest BCUT2D eigenvalue weighted by Gasteiger charge is 2.31. The number of benzene rings is 2. The molecule has 0 bridgehead atoms. The average molecular weight is 1060 g/mol. The van der Waals surface area contributed by atoms with Gasteiger partial charge >= 0.3 is 41.8 Å². The van der Waals surface area contributed by atoms with E-state index in [4.69, 9.17) is 5.11 Å². The molecule has 0 unspecified atom stereocenters. The first-order valence-corrected chi connectivity index (χ1v) is 25.4. The molecule has 2 aliphatic rings. The van der Waals surface area contributed by atoms with Crippen molar-refractivity contribution < 1.29 is 78.6 Å². The van der Waals surface area contributed by atoms with Gasteiger partial charge in [0.25, 0.3) is 0 Å². The van der Waals surface area contributed by atoms with Crippen LogP contribution in [0.3, 0.4) is 0 Å². The van der Waals surface area contributed by atoms with Crippen molar-refractivity contribution in [2.45, 2.75) is 88.8 Å². The average Bonchev–Trinajstić information content (AvgIpc) is 3.34. The Morgan fingerprint density at radius 3 is 1.51 bits per heavy atom. The largest absolute Gasteiger partial charge is 0.481 e. The molecule has 414 valence electrons. The molecule has 2 aromatic carbocycles. The van der Waals surface area contributed by atoms with Crippen LogP contribution in [0.4, 0.5) is 4.79 Å². The second-order valence-electron chi connectivity index (χ2n) is 19.2. The number of hydrogen-bond donors (Lipinski definition) is 11. The first-order valence-electron chi connectivity index (χ1n) is 25.4. The molecule has 0 spiro atoms. The minimum absolute atomic E-state index is 0.0222. The lowest BCUT2D eigenvalue weighted by Crippen LogP contribution is -2.51. The maximum Gasteiger partial charge on any atom is 0.326 e. The first kappa shape index (κ1) is 60.6. The lowest BCUT2D eigenvalue weighted by atomic mass is 9.81. The summed E-state index contributed by atoms with van der Waals surface area (Å²) < 4.78 is 0. The van der Waals surface area contributed by atoms with Crippen LogP contribution in [0.5, 0.6) is 0 Å². The Labute approximate surface area is 434 Å². The van der Waals surface area contributed by atoms with E-state index in [0.717, 1.165) is 16.3 Å². The topological polar surface area (TPSA) is 365 Å². The van der Waals surface area contributed by atoms with Crippen LogP contribution in [-0.2, 0) is 49.6 Å². The summed E-state index contributed by atoms with van der Waals surface area (Å²) in [5, 5.41) is 71.6. The Bertz CT molecular complexity index is 2250. The van der Waals surface area contributed by atoms with Gasteiger partial charge in [0.2, 0.25) is 17.7 Å². The lowest BCUT2D eigenvalue weighted by molar-refractivity contribution is -0.141. The van der Waals surface area contributed by atoms with E-state index < -0.39 is 71.8 Å². The third-order valence-electron chi connectivity index (χ3n) is 13.4. The van der Waals surface area contributed by atoms with Gasteiger partial charge in [0, 0.05) is 84.2 Å². The zero-order valence-corrected chi connectivity index (χ0v) is 42.2. The Balaban J connectivity index is 1.29. The number of carboxylic acid groups (broad SMARTS) is 6. The standard InChI is InChI=1S/C50H73N9O16/c60-41(29-56-18-20-57(30-43(63)64)22-24-59(32-45(67)68)25-23-58(21-19-56)31-44(65)66)52-28-33-11-15-36(16-12-33)46(69)53-40(27-34-13-14-35-6-1-2-7-37(35)26-34)47(70)51-17-4-3-8-38(48(71)72)54-50(75)55-39(49(73)74)9-5-10-42(61)62/h1-2,6-7,13-14,26,33,36,38-40H,3-5,8-12,15-25,27-32H2,(H,51,70)(H,52,60)(H,53,69)(H,61,62)(H,63,64)(H,65,66)(H,67,68)(H,71,72)(H,73,74)(H2,54,55,75)/t33?,36?,38-,39-,40-/m0/s1. The number of unbranched alkanes of at least 4 members (excludes halogenated alkanes) is 1. The molecule has 3 atom stereocenters. The van der Waals surface area contributed by atoms with Crippen molar-refractivity contribution in [1.29, 1.82) is 0 Å². The number of amides is 5. The van der Waals surface area contributed by atoms with Crippen molar-refractivity contribution in [2.24, 2.45) is 11.8 Å². The highest BCUT2D eigenvalue weighted by Crippen LogP contribution is 2.29. The molecule has 1 saturated heterocycles. The van der Waals surface area contributed by atoms with E-state index in [1.54, 1.807) is 14.7 Å². The molecule has 0 radical (unpaired) electrons. The number of aliphatic carboxylic acids is 6. The molecule has 1 aliphatic carbocycles. The number of carboxylic acids is 6. The second kappa shape index (κ2) is 31.7. The van der Waals surface area contributed by atoms with E-state index in [9.17, 15) is 73.5 Å². The number of nitrogens with zero attached hydrogens (tertiary/aromatic N) is 4. The van der Waals surface area contributed by atoms with Crippen LogP contribution in [0.25, 0.3) is 10.8 Å². The van der Waals surface area contributed by atoms with Crippen molar-refractivity contribution in [2.75, 3.05) is 91.6 Å². The molecule has 2 fully saturated rings. The van der Waals surface area contributed by atoms with Gasteiger partial charge in [-0.05, 0) is 80.0 Å². The molecule has 1 saturated carbocycles. The van der Waals surface area contributed by atoms with Crippen LogP contribution in [-0.4, -0.2) is 220 Å². The number of carbonyl (C=O) groups is 10. The molecule has 4 rings (SSSR count). The fraction of sp³-hybridized carbons (Fsp3) is 0.600. The molecular weight excluding hydrogens is 983 g/mol. The van der Waals surface area contributed by atoms with Crippen molar-refractivity contribution in [3.8, 4) is 0 Å². The Morgan fingerprint density at radius 2 is 1.01 bits per heavy atom. The van der Waals surface area contributed by atoms with E-state index in [1.807, 2.05) is 47.4 Å². The molecule has 75 heavy (non-hydrogen) atoms. The van der Waals surface area contributed by atoms with Gasteiger partial charge in [-0.1, -0.05) is 42.5 Å². The quantitative estimate of drug-likeness (QED) is 0.0500. The van der Waals surface area contributed by atoms with Gasteiger partial charge in [-0.2, -0.15) is 0 Å². The van der Waals surface area contributed by atoms with Crippen molar-refractivity contribution in [3.63, 3.8) is 0 Å². The van der Waals surface area contributed by atoms with Crippen molar-refractivity contribution in [1.82, 2.24) is 46.2 Å². The van der Waals surface area contributed by atoms with Gasteiger partial charge in [0.15, 0.2) is 0 Å². The molecule has 0 aromatic heterocycles. The number of rotatable bonds is 28. The first-order chi connectivity index (χ1) is 35.7. The second-order valence-corrected chi connectivity index (χ2v) is 19.2. The van der Waals surface area contributed by atoms with Gasteiger partial charge in [-0.3, -0.25) is 53.2 Å². The summed E-state index contributed by atoms with van der Waals surface area (Å²) in [6, 6.07) is 8.66. The number of nitrogens with one attached hydrogen (secondary N) is 5. The predicted octanol–water partition coefficient (Wildman–Crippen LogP) is 0.0121. The minimum atomic E-state index is -1.43. The van der Waals surface area contributed by atoms with E-state index in [2.05, 4.69) is 26.6 Å². The zero-order valence-electron chi connectivity index (χ0n) is 42.2. The van der Waals surface area contributed by atoms with Crippen LogP contribution in [0.15, 0.2) is 42.5 Å². The summed E-state index contributed by atoms with van der Waals surface area (Å²) in [5.41, 5.74) is 0.807. The number of urea groups is 1. The summed E-state index contributed by atoms with van der Waals surface area (Å²) in [6.07, 6.45) is 2.40. The zero-order chi connectivity index (χ0) is 54.9. The molecule has 5 amide bonds.